The van der Waals surface area contributed by atoms with Gasteiger partial charge in [-0.05, 0) is 26.7 Å². The van der Waals surface area contributed by atoms with Crippen LogP contribution in [0.25, 0.3) is 0 Å². The van der Waals surface area contributed by atoms with Crippen LogP contribution in [0.2, 0.25) is 0 Å². The van der Waals surface area contributed by atoms with Gasteiger partial charge in [0.25, 0.3) is 0 Å². The molecule has 3 heterocycles. The molecule has 1 N–H and O–H groups in total. The van der Waals surface area contributed by atoms with Gasteiger partial charge < -0.3 is 5.32 Å². The van der Waals surface area contributed by atoms with E-state index in [1.807, 2.05) is 6.92 Å². The second-order valence-corrected chi connectivity index (χ2v) is 7.60. The summed E-state index contributed by atoms with van der Waals surface area (Å²) in [7, 11) is 1.64. The zero-order valence-electron chi connectivity index (χ0n) is 14.3. The van der Waals surface area contributed by atoms with E-state index >= 15 is 0 Å². The molecule has 0 fully saturated rings. The Labute approximate surface area is 144 Å². The van der Waals surface area contributed by atoms with Crippen molar-refractivity contribution in [3.05, 3.63) is 31.9 Å². The SMILES string of the molecule is Cc1nc(CCCNC(=O)C2CCc3nn(C)c(=O)n3C2)sc1C. The summed E-state index contributed by atoms with van der Waals surface area (Å²) in [5.74, 6) is 0.660. The highest BCUT2D eigenvalue weighted by atomic mass is 32.1. The molecule has 130 valence electrons. The first-order valence-electron chi connectivity index (χ1n) is 8.29. The molecule has 0 saturated heterocycles. The van der Waals surface area contributed by atoms with Crippen molar-refractivity contribution in [3.8, 4) is 0 Å². The second kappa shape index (κ2) is 6.88. The minimum absolute atomic E-state index is 0.0305. The molecular formula is C16H23N5O2S. The van der Waals surface area contributed by atoms with Crippen LogP contribution in [0, 0.1) is 19.8 Å². The smallest absolute Gasteiger partial charge is 0.345 e. The summed E-state index contributed by atoms with van der Waals surface area (Å²) in [6.45, 7) is 5.17. The lowest BCUT2D eigenvalue weighted by Crippen LogP contribution is -2.39. The molecular weight excluding hydrogens is 326 g/mol. The standard InChI is InChI=1S/C16H23N5O2S/c1-10-11(2)24-14(18-10)5-4-8-17-15(22)12-6-7-13-19-20(3)16(23)21(13)9-12/h12H,4-9H2,1-3H3,(H,17,22). The van der Waals surface area contributed by atoms with Gasteiger partial charge in [0.05, 0.1) is 16.6 Å². The molecule has 1 aliphatic heterocycles. The Bertz CT molecular complexity index is 784. The van der Waals surface area contributed by atoms with E-state index in [1.165, 1.54) is 9.56 Å². The molecule has 1 atom stereocenters. The molecule has 0 spiro atoms. The number of hydrogen-bond donors (Lipinski definition) is 1. The quantitative estimate of drug-likeness (QED) is 0.816. The van der Waals surface area contributed by atoms with E-state index < -0.39 is 0 Å². The molecule has 0 aromatic carbocycles. The summed E-state index contributed by atoms with van der Waals surface area (Å²) in [5.41, 5.74) is 0.955. The van der Waals surface area contributed by atoms with E-state index in [1.54, 1.807) is 23.0 Å². The summed E-state index contributed by atoms with van der Waals surface area (Å²) in [6.07, 6.45) is 3.18. The summed E-state index contributed by atoms with van der Waals surface area (Å²) >= 11 is 1.73. The van der Waals surface area contributed by atoms with Crippen molar-refractivity contribution in [2.45, 2.75) is 46.1 Å². The lowest BCUT2D eigenvalue weighted by atomic mass is 9.98. The van der Waals surface area contributed by atoms with Gasteiger partial charge in [-0.2, -0.15) is 5.10 Å². The third-order valence-electron chi connectivity index (χ3n) is 4.51. The lowest BCUT2D eigenvalue weighted by Gasteiger charge is -2.21. The first-order chi connectivity index (χ1) is 11.5. The normalized spacial score (nSPS) is 16.9. The van der Waals surface area contributed by atoms with Crippen molar-refractivity contribution in [1.82, 2.24) is 24.6 Å². The number of carbonyl (C=O) groups is 1. The highest BCUT2D eigenvalue weighted by molar-refractivity contribution is 7.11. The average molecular weight is 349 g/mol. The van der Waals surface area contributed by atoms with Crippen LogP contribution in [0.3, 0.4) is 0 Å². The van der Waals surface area contributed by atoms with E-state index in [-0.39, 0.29) is 17.5 Å². The van der Waals surface area contributed by atoms with E-state index in [9.17, 15) is 9.59 Å². The molecule has 0 aliphatic carbocycles. The Hall–Kier alpha value is -1.96. The third-order valence-corrected chi connectivity index (χ3v) is 5.65. The van der Waals surface area contributed by atoms with Gasteiger partial charge >= 0.3 is 5.69 Å². The van der Waals surface area contributed by atoms with E-state index in [4.69, 9.17) is 0 Å². The predicted molar refractivity (Wildman–Crippen MR) is 92.2 cm³/mol. The number of amides is 1. The number of rotatable bonds is 5. The van der Waals surface area contributed by atoms with Crippen molar-refractivity contribution in [2.24, 2.45) is 13.0 Å². The van der Waals surface area contributed by atoms with Crippen LogP contribution in [-0.2, 0) is 31.2 Å². The van der Waals surface area contributed by atoms with Gasteiger partial charge in [0, 0.05) is 37.9 Å². The van der Waals surface area contributed by atoms with Crippen LogP contribution < -0.4 is 11.0 Å². The Morgan fingerprint density at radius 1 is 1.42 bits per heavy atom. The van der Waals surface area contributed by atoms with Crippen LogP contribution in [-0.4, -0.2) is 31.8 Å². The van der Waals surface area contributed by atoms with E-state index in [2.05, 4.69) is 22.3 Å². The molecule has 3 rings (SSSR count). The Morgan fingerprint density at radius 3 is 2.92 bits per heavy atom. The fraction of sp³-hybridized carbons (Fsp3) is 0.625. The Kier molecular flexibility index (Phi) is 4.84. The van der Waals surface area contributed by atoms with Crippen molar-refractivity contribution < 1.29 is 4.79 Å². The van der Waals surface area contributed by atoms with Crippen molar-refractivity contribution in [1.29, 1.82) is 0 Å². The molecule has 2 aromatic rings. The van der Waals surface area contributed by atoms with Gasteiger partial charge in [-0.3, -0.25) is 9.36 Å². The molecule has 0 saturated carbocycles. The zero-order chi connectivity index (χ0) is 17.3. The molecule has 8 heteroatoms. The number of fused-ring (bicyclic) bond motifs is 1. The highest BCUT2D eigenvalue weighted by Gasteiger charge is 2.27. The van der Waals surface area contributed by atoms with Gasteiger partial charge in [0.1, 0.15) is 5.82 Å². The maximum Gasteiger partial charge on any atom is 0.345 e. The summed E-state index contributed by atoms with van der Waals surface area (Å²) < 4.78 is 2.96. The molecule has 1 amide bonds. The molecule has 0 bridgehead atoms. The Balaban J connectivity index is 1.47. The van der Waals surface area contributed by atoms with Crippen LogP contribution >= 0.6 is 11.3 Å². The van der Waals surface area contributed by atoms with E-state index in [0.29, 0.717) is 19.5 Å². The topological polar surface area (TPSA) is 81.8 Å². The number of nitrogens with one attached hydrogen (secondary N) is 1. The fourth-order valence-corrected chi connectivity index (χ4v) is 3.97. The predicted octanol–water partition coefficient (Wildman–Crippen LogP) is 0.967. The van der Waals surface area contributed by atoms with Crippen molar-refractivity contribution in [2.75, 3.05) is 6.54 Å². The summed E-state index contributed by atoms with van der Waals surface area (Å²) in [4.78, 5) is 30.1. The van der Waals surface area contributed by atoms with Gasteiger partial charge in [0.2, 0.25) is 5.91 Å². The molecule has 1 aliphatic rings. The van der Waals surface area contributed by atoms with Crippen LogP contribution in [0.4, 0.5) is 0 Å². The van der Waals surface area contributed by atoms with Crippen LogP contribution in [0.1, 0.15) is 34.2 Å². The second-order valence-electron chi connectivity index (χ2n) is 6.31. The monoisotopic (exact) mass is 349 g/mol. The number of hydrogen-bond acceptors (Lipinski definition) is 5. The maximum absolute atomic E-state index is 12.3. The Morgan fingerprint density at radius 2 is 2.21 bits per heavy atom. The van der Waals surface area contributed by atoms with E-state index in [0.717, 1.165) is 35.8 Å². The highest BCUT2D eigenvalue weighted by Crippen LogP contribution is 2.18. The molecule has 2 aromatic heterocycles. The largest absolute Gasteiger partial charge is 0.356 e. The van der Waals surface area contributed by atoms with Crippen molar-refractivity contribution in [3.63, 3.8) is 0 Å². The fourth-order valence-electron chi connectivity index (χ4n) is 2.99. The van der Waals surface area contributed by atoms with Gasteiger partial charge in [-0.1, -0.05) is 0 Å². The minimum atomic E-state index is -0.149. The number of carbonyl (C=O) groups excluding carboxylic acids is 1. The number of aromatic nitrogens is 4. The average Bonchev–Trinajstić information content (AvgIpc) is 3.03. The molecule has 1 unspecified atom stereocenters. The zero-order valence-corrected chi connectivity index (χ0v) is 15.2. The summed E-state index contributed by atoms with van der Waals surface area (Å²) in [5, 5.41) is 8.32. The number of nitrogens with zero attached hydrogens (tertiary/aromatic N) is 4. The first-order valence-corrected chi connectivity index (χ1v) is 9.10. The van der Waals surface area contributed by atoms with Gasteiger partial charge in [0.15, 0.2) is 0 Å². The first kappa shape index (κ1) is 16.9. The lowest BCUT2D eigenvalue weighted by molar-refractivity contribution is -0.125. The molecule has 7 nitrogen and oxygen atoms in total. The van der Waals surface area contributed by atoms with Crippen LogP contribution in [0.15, 0.2) is 4.79 Å². The third kappa shape index (κ3) is 3.43. The van der Waals surface area contributed by atoms with Crippen LogP contribution in [0.5, 0.6) is 0 Å². The van der Waals surface area contributed by atoms with Gasteiger partial charge in [-0.15, -0.1) is 11.3 Å². The molecule has 0 radical (unpaired) electrons. The molecule has 24 heavy (non-hydrogen) atoms. The maximum atomic E-state index is 12.3. The van der Waals surface area contributed by atoms with Gasteiger partial charge in [-0.25, -0.2) is 14.5 Å². The summed E-state index contributed by atoms with van der Waals surface area (Å²) in [6, 6.07) is 0. The van der Waals surface area contributed by atoms with Crippen molar-refractivity contribution >= 4 is 17.2 Å². The number of aryl methyl sites for hydroxylation is 5. The number of thiazole rings is 1. The minimum Gasteiger partial charge on any atom is -0.356 e.